The fraction of sp³-hybridized carbons (Fsp3) is 0.500. The molecule has 0 unspecified atom stereocenters. The van der Waals surface area contributed by atoms with Crippen LogP contribution in [0.15, 0.2) is 18.2 Å². The minimum Gasteiger partial charge on any atom is -0.496 e. The highest BCUT2D eigenvalue weighted by Gasteiger charge is 2.27. The third kappa shape index (κ3) is 4.73. The summed E-state index contributed by atoms with van der Waals surface area (Å²) in [6.07, 6.45) is 0. The van der Waals surface area contributed by atoms with Gasteiger partial charge >= 0.3 is 5.97 Å². The monoisotopic (exact) mass is 309 g/mol. The van der Waals surface area contributed by atoms with Gasteiger partial charge in [0.2, 0.25) is 0 Å². The molecular weight excluding hydrogens is 286 g/mol. The van der Waals surface area contributed by atoms with Crippen molar-refractivity contribution < 1.29 is 24.2 Å². The molecule has 0 aliphatic carbocycles. The van der Waals surface area contributed by atoms with E-state index in [1.165, 1.54) is 0 Å². The maximum atomic E-state index is 12.2. The first-order valence-corrected chi connectivity index (χ1v) is 7.08. The Morgan fingerprint density at radius 1 is 1.32 bits per heavy atom. The quantitative estimate of drug-likeness (QED) is 0.768. The van der Waals surface area contributed by atoms with Gasteiger partial charge in [-0.25, -0.2) is 0 Å². The number of amides is 1. The molecular formula is C16H23NO5. The third-order valence-electron chi connectivity index (χ3n) is 3.27. The second kappa shape index (κ2) is 7.79. The van der Waals surface area contributed by atoms with Gasteiger partial charge in [0.05, 0.1) is 19.1 Å². The standard InChI is InChI=1S/C16H23NO5/c1-5-22-9-12-8-11(6-7-13(12)21-4)14(18)17-10-16(2,3)15(19)20/h6-8H,5,9-10H2,1-4H3,(H,17,18)(H,19,20). The zero-order chi connectivity index (χ0) is 16.8. The lowest BCUT2D eigenvalue weighted by Gasteiger charge is -2.19. The van der Waals surface area contributed by atoms with E-state index in [9.17, 15) is 9.59 Å². The van der Waals surface area contributed by atoms with E-state index >= 15 is 0 Å². The van der Waals surface area contributed by atoms with Crippen LogP contribution in [0.25, 0.3) is 0 Å². The zero-order valence-electron chi connectivity index (χ0n) is 13.4. The molecule has 0 bridgehead atoms. The molecule has 22 heavy (non-hydrogen) atoms. The summed E-state index contributed by atoms with van der Waals surface area (Å²) < 4.78 is 10.6. The van der Waals surface area contributed by atoms with Gasteiger partial charge in [0, 0.05) is 24.3 Å². The molecule has 0 aromatic heterocycles. The van der Waals surface area contributed by atoms with Crippen LogP contribution >= 0.6 is 0 Å². The number of carbonyl (C=O) groups is 2. The van der Waals surface area contributed by atoms with Gasteiger partial charge in [-0.2, -0.15) is 0 Å². The van der Waals surface area contributed by atoms with Crippen molar-refractivity contribution in [1.29, 1.82) is 0 Å². The van der Waals surface area contributed by atoms with Gasteiger partial charge in [0.1, 0.15) is 5.75 Å². The Kier molecular flexibility index (Phi) is 6.37. The van der Waals surface area contributed by atoms with Crippen LogP contribution in [0, 0.1) is 5.41 Å². The third-order valence-corrected chi connectivity index (χ3v) is 3.27. The molecule has 0 atom stereocenters. The smallest absolute Gasteiger partial charge is 0.310 e. The van der Waals surface area contributed by atoms with Crippen molar-refractivity contribution in [2.45, 2.75) is 27.4 Å². The van der Waals surface area contributed by atoms with E-state index in [0.29, 0.717) is 24.5 Å². The van der Waals surface area contributed by atoms with E-state index in [4.69, 9.17) is 14.6 Å². The molecule has 0 fully saturated rings. The van der Waals surface area contributed by atoms with Crippen molar-refractivity contribution in [2.24, 2.45) is 5.41 Å². The van der Waals surface area contributed by atoms with Gasteiger partial charge in [-0.15, -0.1) is 0 Å². The molecule has 122 valence electrons. The van der Waals surface area contributed by atoms with Gasteiger partial charge in [-0.05, 0) is 39.0 Å². The lowest BCUT2D eigenvalue weighted by atomic mass is 9.94. The van der Waals surface area contributed by atoms with E-state index in [1.54, 1.807) is 39.2 Å². The maximum Gasteiger partial charge on any atom is 0.310 e. The predicted molar refractivity (Wildman–Crippen MR) is 82.1 cm³/mol. The summed E-state index contributed by atoms with van der Waals surface area (Å²) >= 11 is 0. The SMILES string of the molecule is CCOCc1cc(C(=O)NCC(C)(C)C(=O)O)ccc1OC. The Hall–Kier alpha value is -2.08. The maximum absolute atomic E-state index is 12.2. The minimum absolute atomic E-state index is 0.0496. The lowest BCUT2D eigenvalue weighted by molar-refractivity contribution is -0.146. The van der Waals surface area contributed by atoms with Crippen molar-refractivity contribution in [1.82, 2.24) is 5.32 Å². The first-order valence-electron chi connectivity index (χ1n) is 7.08. The highest BCUT2D eigenvalue weighted by atomic mass is 16.5. The number of hydrogen-bond acceptors (Lipinski definition) is 4. The van der Waals surface area contributed by atoms with Gasteiger partial charge in [0.25, 0.3) is 5.91 Å². The second-order valence-corrected chi connectivity index (χ2v) is 5.54. The Morgan fingerprint density at radius 2 is 2.00 bits per heavy atom. The van der Waals surface area contributed by atoms with Gasteiger partial charge in [-0.1, -0.05) is 0 Å². The largest absolute Gasteiger partial charge is 0.496 e. The fourth-order valence-corrected chi connectivity index (χ4v) is 1.72. The number of carboxylic acid groups (broad SMARTS) is 1. The van der Waals surface area contributed by atoms with Gasteiger partial charge < -0.3 is 19.9 Å². The van der Waals surface area contributed by atoms with Gasteiger partial charge in [-0.3, -0.25) is 9.59 Å². The number of carboxylic acids is 1. The van der Waals surface area contributed by atoms with Gasteiger partial charge in [0.15, 0.2) is 0 Å². The van der Waals surface area contributed by atoms with E-state index in [0.717, 1.165) is 5.56 Å². The van der Waals surface area contributed by atoms with Crippen LogP contribution in [-0.2, 0) is 16.1 Å². The number of methoxy groups -OCH3 is 1. The molecule has 1 rings (SSSR count). The van der Waals surface area contributed by atoms with Crippen molar-refractivity contribution >= 4 is 11.9 Å². The molecule has 0 spiro atoms. The van der Waals surface area contributed by atoms with Crippen molar-refractivity contribution in [3.63, 3.8) is 0 Å². The Bertz CT molecular complexity index is 539. The second-order valence-electron chi connectivity index (χ2n) is 5.54. The number of aliphatic carboxylic acids is 1. The molecule has 0 saturated heterocycles. The summed E-state index contributed by atoms with van der Waals surface area (Å²) in [5.74, 6) is -0.634. The average molecular weight is 309 g/mol. The summed E-state index contributed by atoms with van der Waals surface area (Å²) in [6, 6.07) is 5.03. The van der Waals surface area contributed by atoms with Crippen molar-refractivity contribution in [3.05, 3.63) is 29.3 Å². The number of hydrogen-bond donors (Lipinski definition) is 2. The summed E-state index contributed by atoms with van der Waals surface area (Å²) in [6.45, 7) is 5.97. The molecule has 0 aliphatic heterocycles. The first kappa shape index (κ1) is 18.0. The van der Waals surface area contributed by atoms with Crippen LogP contribution in [0.2, 0.25) is 0 Å². The van der Waals surface area contributed by atoms with Crippen LogP contribution in [0.5, 0.6) is 5.75 Å². The molecule has 0 heterocycles. The summed E-state index contributed by atoms with van der Waals surface area (Å²) in [5.41, 5.74) is 0.196. The Labute approximate surface area is 130 Å². The Morgan fingerprint density at radius 3 is 2.55 bits per heavy atom. The number of benzene rings is 1. The normalized spacial score (nSPS) is 11.1. The number of ether oxygens (including phenoxy) is 2. The molecule has 0 aliphatic rings. The predicted octanol–water partition coefficient (Wildman–Crippen LogP) is 2.07. The van der Waals surface area contributed by atoms with Crippen molar-refractivity contribution in [3.8, 4) is 5.75 Å². The summed E-state index contributed by atoms with van der Waals surface area (Å²) in [4.78, 5) is 23.2. The van der Waals surface area contributed by atoms with E-state index in [-0.39, 0.29) is 12.5 Å². The number of carbonyl (C=O) groups excluding carboxylic acids is 1. The van der Waals surface area contributed by atoms with E-state index in [2.05, 4.69) is 5.32 Å². The molecule has 6 nitrogen and oxygen atoms in total. The minimum atomic E-state index is -1.02. The average Bonchev–Trinajstić information content (AvgIpc) is 2.50. The number of rotatable bonds is 8. The highest BCUT2D eigenvalue weighted by molar-refractivity contribution is 5.95. The van der Waals surface area contributed by atoms with Crippen molar-refractivity contribution in [2.75, 3.05) is 20.3 Å². The zero-order valence-corrected chi connectivity index (χ0v) is 13.4. The molecule has 0 radical (unpaired) electrons. The summed E-state index contributed by atoms with van der Waals surface area (Å²) in [7, 11) is 1.56. The number of nitrogens with one attached hydrogen (secondary N) is 1. The first-order chi connectivity index (χ1) is 10.3. The van der Waals surface area contributed by atoms with Crippen LogP contribution in [0.3, 0.4) is 0 Å². The molecule has 1 amide bonds. The summed E-state index contributed by atoms with van der Waals surface area (Å²) in [5, 5.41) is 11.7. The van der Waals surface area contributed by atoms with Crippen LogP contribution in [0.1, 0.15) is 36.7 Å². The molecule has 2 N–H and O–H groups in total. The molecule has 0 saturated carbocycles. The molecule has 6 heteroatoms. The Balaban J connectivity index is 2.83. The fourth-order valence-electron chi connectivity index (χ4n) is 1.72. The molecule has 1 aromatic carbocycles. The topological polar surface area (TPSA) is 84.9 Å². The molecule has 1 aromatic rings. The van der Waals surface area contributed by atoms with Crippen LogP contribution in [0.4, 0.5) is 0 Å². The van der Waals surface area contributed by atoms with Crippen LogP contribution < -0.4 is 10.1 Å². The lowest BCUT2D eigenvalue weighted by Crippen LogP contribution is -2.38. The van der Waals surface area contributed by atoms with E-state index < -0.39 is 11.4 Å². The highest BCUT2D eigenvalue weighted by Crippen LogP contribution is 2.21. The van der Waals surface area contributed by atoms with E-state index in [1.807, 2.05) is 6.92 Å². The van der Waals surface area contributed by atoms with Crippen LogP contribution in [-0.4, -0.2) is 37.2 Å².